The summed E-state index contributed by atoms with van der Waals surface area (Å²) in [6.45, 7) is 4.39. The van der Waals surface area contributed by atoms with Gasteiger partial charge in [0.1, 0.15) is 5.75 Å². The van der Waals surface area contributed by atoms with Gasteiger partial charge in [0.15, 0.2) is 0 Å². The number of benzene rings is 1. The predicted molar refractivity (Wildman–Crippen MR) is 78.9 cm³/mol. The number of ether oxygens (including phenoxy) is 1. The third-order valence-electron chi connectivity index (χ3n) is 4.06. The van der Waals surface area contributed by atoms with Gasteiger partial charge in [0.25, 0.3) is 0 Å². The molecular formula is C16H22N2O. The first-order valence-electron chi connectivity index (χ1n) is 7.13. The Morgan fingerprint density at radius 1 is 1.32 bits per heavy atom. The summed E-state index contributed by atoms with van der Waals surface area (Å²) in [7, 11) is 1.77. The summed E-state index contributed by atoms with van der Waals surface area (Å²) >= 11 is 0. The van der Waals surface area contributed by atoms with Gasteiger partial charge in [-0.2, -0.15) is 0 Å². The number of piperidine rings is 1. The van der Waals surface area contributed by atoms with Crippen molar-refractivity contribution in [2.75, 3.05) is 20.2 Å². The van der Waals surface area contributed by atoms with Gasteiger partial charge in [-0.3, -0.25) is 0 Å². The van der Waals surface area contributed by atoms with Crippen molar-refractivity contribution in [3.63, 3.8) is 0 Å². The first-order chi connectivity index (χ1) is 9.26. The van der Waals surface area contributed by atoms with Crippen molar-refractivity contribution in [1.82, 2.24) is 10.3 Å². The second-order valence-electron chi connectivity index (χ2n) is 5.62. The molecule has 2 N–H and O–H groups in total. The SMILES string of the molecule is COc1cc2cc(C)[nH]c2cc1CC1CCCNC1. The maximum atomic E-state index is 5.57. The summed E-state index contributed by atoms with van der Waals surface area (Å²) in [6.07, 6.45) is 3.71. The Kier molecular flexibility index (Phi) is 3.47. The fourth-order valence-electron chi connectivity index (χ4n) is 3.11. The van der Waals surface area contributed by atoms with Crippen LogP contribution in [-0.2, 0) is 6.42 Å². The van der Waals surface area contributed by atoms with Crippen LogP contribution in [0.3, 0.4) is 0 Å². The molecule has 1 atom stereocenters. The Labute approximate surface area is 114 Å². The van der Waals surface area contributed by atoms with Gasteiger partial charge >= 0.3 is 0 Å². The van der Waals surface area contributed by atoms with Crippen LogP contribution < -0.4 is 10.1 Å². The molecule has 1 aliphatic rings. The number of fused-ring (bicyclic) bond motifs is 1. The van der Waals surface area contributed by atoms with Gasteiger partial charge < -0.3 is 15.0 Å². The minimum Gasteiger partial charge on any atom is -0.496 e. The number of nitrogens with one attached hydrogen (secondary N) is 2. The standard InChI is InChI=1S/C16H22N2O/c1-11-6-13-9-16(19-2)14(8-15(13)18-11)7-12-4-3-5-17-10-12/h6,8-9,12,17-18H,3-5,7,10H2,1-2H3. The highest BCUT2D eigenvalue weighted by atomic mass is 16.5. The fourth-order valence-corrected chi connectivity index (χ4v) is 3.11. The highest BCUT2D eigenvalue weighted by molar-refractivity contribution is 5.83. The summed E-state index contributed by atoms with van der Waals surface area (Å²) in [4.78, 5) is 3.42. The van der Waals surface area contributed by atoms with Crippen LogP contribution in [-0.4, -0.2) is 25.2 Å². The van der Waals surface area contributed by atoms with E-state index in [2.05, 4.69) is 35.4 Å². The van der Waals surface area contributed by atoms with Crippen LogP contribution in [0.5, 0.6) is 5.75 Å². The Bertz CT molecular complexity index is 567. The quantitative estimate of drug-likeness (QED) is 0.888. The van der Waals surface area contributed by atoms with Gasteiger partial charge in [-0.15, -0.1) is 0 Å². The Morgan fingerprint density at radius 2 is 2.21 bits per heavy atom. The predicted octanol–water partition coefficient (Wildman–Crippen LogP) is 3.03. The maximum absolute atomic E-state index is 5.57. The summed E-state index contributed by atoms with van der Waals surface area (Å²) in [5.41, 5.74) is 3.75. The topological polar surface area (TPSA) is 37.0 Å². The van der Waals surface area contributed by atoms with Crippen LogP contribution in [0.4, 0.5) is 0 Å². The van der Waals surface area contributed by atoms with Crippen molar-refractivity contribution < 1.29 is 4.74 Å². The number of hydrogen-bond donors (Lipinski definition) is 2. The first kappa shape index (κ1) is 12.5. The molecule has 0 saturated carbocycles. The molecule has 2 heterocycles. The monoisotopic (exact) mass is 258 g/mol. The highest BCUT2D eigenvalue weighted by Crippen LogP contribution is 2.29. The molecular weight excluding hydrogens is 236 g/mol. The van der Waals surface area contributed by atoms with Crippen molar-refractivity contribution in [3.05, 3.63) is 29.5 Å². The van der Waals surface area contributed by atoms with Crippen molar-refractivity contribution in [2.24, 2.45) is 5.92 Å². The molecule has 2 aromatic rings. The molecule has 1 fully saturated rings. The lowest BCUT2D eigenvalue weighted by molar-refractivity contribution is 0.364. The van der Waals surface area contributed by atoms with E-state index in [-0.39, 0.29) is 0 Å². The van der Waals surface area contributed by atoms with Crippen LogP contribution in [0.2, 0.25) is 0 Å². The summed E-state index contributed by atoms with van der Waals surface area (Å²) < 4.78 is 5.57. The maximum Gasteiger partial charge on any atom is 0.122 e. The molecule has 1 aromatic heterocycles. The molecule has 19 heavy (non-hydrogen) atoms. The van der Waals surface area contributed by atoms with Crippen LogP contribution in [0, 0.1) is 12.8 Å². The largest absolute Gasteiger partial charge is 0.496 e. The van der Waals surface area contributed by atoms with Crippen LogP contribution in [0.15, 0.2) is 18.2 Å². The third-order valence-corrected chi connectivity index (χ3v) is 4.06. The van der Waals surface area contributed by atoms with Crippen LogP contribution in [0.1, 0.15) is 24.1 Å². The number of H-pyrrole nitrogens is 1. The van der Waals surface area contributed by atoms with Gasteiger partial charge in [-0.25, -0.2) is 0 Å². The van der Waals surface area contributed by atoms with E-state index >= 15 is 0 Å². The van der Waals surface area contributed by atoms with E-state index in [0.717, 1.165) is 24.6 Å². The minimum absolute atomic E-state index is 0.733. The molecule has 0 aliphatic carbocycles. The van der Waals surface area contributed by atoms with Gasteiger partial charge in [0, 0.05) is 16.6 Å². The molecule has 102 valence electrons. The number of hydrogen-bond acceptors (Lipinski definition) is 2. The lowest BCUT2D eigenvalue weighted by Gasteiger charge is -2.23. The molecule has 0 amide bonds. The third kappa shape index (κ3) is 2.61. The van der Waals surface area contributed by atoms with E-state index in [9.17, 15) is 0 Å². The zero-order valence-corrected chi connectivity index (χ0v) is 11.8. The zero-order chi connectivity index (χ0) is 13.2. The second kappa shape index (κ2) is 5.25. The summed E-state index contributed by atoms with van der Waals surface area (Å²) in [6, 6.07) is 6.59. The molecule has 3 heteroatoms. The lowest BCUT2D eigenvalue weighted by Crippen LogP contribution is -2.30. The van der Waals surface area contributed by atoms with E-state index in [1.807, 2.05) is 0 Å². The molecule has 0 spiro atoms. The number of rotatable bonds is 3. The van der Waals surface area contributed by atoms with Crippen molar-refractivity contribution in [1.29, 1.82) is 0 Å². The molecule has 1 aromatic carbocycles. The van der Waals surface area contributed by atoms with Crippen molar-refractivity contribution in [2.45, 2.75) is 26.2 Å². The molecule has 0 bridgehead atoms. The first-order valence-corrected chi connectivity index (χ1v) is 7.13. The van der Waals surface area contributed by atoms with E-state index in [0.29, 0.717) is 0 Å². The normalized spacial score (nSPS) is 19.8. The van der Waals surface area contributed by atoms with Crippen molar-refractivity contribution in [3.8, 4) is 5.75 Å². The Morgan fingerprint density at radius 3 is 2.95 bits per heavy atom. The number of aromatic amines is 1. The Hall–Kier alpha value is -1.48. The molecule has 1 unspecified atom stereocenters. The molecule has 3 rings (SSSR count). The molecule has 1 aliphatic heterocycles. The lowest BCUT2D eigenvalue weighted by atomic mass is 9.91. The van der Waals surface area contributed by atoms with Gasteiger partial charge in [-0.05, 0) is 69.0 Å². The smallest absolute Gasteiger partial charge is 0.122 e. The average molecular weight is 258 g/mol. The number of aromatic nitrogens is 1. The van der Waals surface area contributed by atoms with E-state index < -0.39 is 0 Å². The van der Waals surface area contributed by atoms with Gasteiger partial charge in [0.2, 0.25) is 0 Å². The van der Waals surface area contributed by atoms with E-state index in [4.69, 9.17) is 4.74 Å². The highest BCUT2D eigenvalue weighted by Gasteiger charge is 2.16. The molecule has 3 nitrogen and oxygen atoms in total. The van der Waals surface area contributed by atoms with Gasteiger partial charge in [-0.1, -0.05) is 0 Å². The molecule has 0 radical (unpaired) electrons. The molecule has 1 saturated heterocycles. The fraction of sp³-hybridized carbons (Fsp3) is 0.500. The van der Waals surface area contributed by atoms with E-state index in [1.165, 1.54) is 41.5 Å². The summed E-state index contributed by atoms with van der Waals surface area (Å²) in [5, 5.41) is 4.72. The zero-order valence-electron chi connectivity index (χ0n) is 11.8. The van der Waals surface area contributed by atoms with Crippen LogP contribution in [0.25, 0.3) is 10.9 Å². The number of aryl methyl sites for hydroxylation is 1. The number of methoxy groups -OCH3 is 1. The van der Waals surface area contributed by atoms with Crippen LogP contribution >= 0.6 is 0 Å². The minimum atomic E-state index is 0.733. The van der Waals surface area contributed by atoms with E-state index in [1.54, 1.807) is 7.11 Å². The Balaban J connectivity index is 1.91. The summed E-state index contributed by atoms with van der Waals surface area (Å²) in [5.74, 6) is 1.76. The van der Waals surface area contributed by atoms with Crippen molar-refractivity contribution >= 4 is 10.9 Å². The van der Waals surface area contributed by atoms with Gasteiger partial charge in [0.05, 0.1) is 7.11 Å². The second-order valence-corrected chi connectivity index (χ2v) is 5.62. The average Bonchev–Trinajstić information content (AvgIpc) is 2.78.